The lowest BCUT2D eigenvalue weighted by Gasteiger charge is -2.14. The highest BCUT2D eigenvalue weighted by Crippen LogP contribution is 2.37. The Balaban J connectivity index is 1.62. The first-order valence-corrected chi connectivity index (χ1v) is 10.4. The molecule has 0 N–H and O–H groups in total. The van der Waals surface area contributed by atoms with Crippen molar-refractivity contribution < 1.29 is 18.7 Å². The van der Waals surface area contributed by atoms with E-state index < -0.39 is 5.97 Å². The van der Waals surface area contributed by atoms with E-state index in [1.54, 1.807) is 66.7 Å². The summed E-state index contributed by atoms with van der Waals surface area (Å²) < 4.78 is 11.1. The van der Waals surface area contributed by atoms with Gasteiger partial charge in [0.05, 0.1) is 23.3 Å². The van der Waals surface area contributed by atoms with Crippen LogP contribution in [0.3, 0.4) is 0 Å². The third-order valence-electron chi connectivity index (χ3n) is 4.38. The van der Waals surface area contributed by atoms with Crippen LogP contribution in [0.15, 0.2) is 70.0 Å². The summed E-state index contributed by atoms with van der Waals surface area (Å²) in [6, 6.07) is 17.4. The molecule has 0 atom stereocenters. The van der Waals surface area contributed by atoms with Gasteiger partial charge in [0.25, 0.3) is 5.91 Å². The highest BCUT2D eigenvalue weighted by molar-refractivity contribution is 8.27. The predicted molar refractivity (Wildman–Crippen MR) is 123 cm³/mol. The third-order valence-corrected chi connectivity index (χ3v) is 5.93. The highest BCUT2D eigenvalue weighted by atomic mass is 35.5. The van der Waals surface area contributed by atoms with Gasteiger partial charge < -0.3 is 9.15 Å². The molecule has 1 aliphatic rings. The van der Waals surface area contributed by atoms with E-state index in [0.29, 0.717) is 42.6 Å². The zero-order valence-electron chi connectivity index (χ0n) is 15.6. The Morgan fingerprint density at radius 3 is 2.60 bits per heavy atom. The molecule has 150 valence electrons. The van der Waals surface area contributed by atoms with E-state index in [1.807, 2.05) is 0 Å². The van der Waals surface area contributed by atoms with Crippen LogP contribution in [-0.4, -0.2) is 23.3 Å². The fourth-order valence-electron chi connectivity index (χ4n) is 2.97. The van der Waals surface area contributed by atoms with Gasteiger partial charge in [-0.05, 0) is 42.5 Å². The number of rotatable bonds is 4. The lowest BCUT2D eigenvalue weighted by Crippen LogP contribution is -2.27. The van der Waals surface area contributed by atoms with Crippen LogP contribution in [0.25, 0.3) is 17.4 Å². The summed E-state index contributed by atoms with van der Waals surface area (Å²) in [5, 5.41) is 0.579. The maximum atomic E-state index is 12.9. The van der Waals surface area contributed by atoms with E-state index in [9.17, 15) is 9.59 Å². The minimum absolute atomic E-state index is 0.236. The lowest BCUT2D eigenvalue weighted by atomic mass is 10.1. The van der Waals surface area contributed by atoms with Gasteiger partial charge >= 0.3 is 5.97 Å². The molecule has 1 aromatic heterocycles. The molecule has 2 aromatic carbocycles. The Hall–Kier alpha value is -2.87. The SMILES string of the molecule is COC(=O)c1ccccc1-c1ccc(/C=C2/SC(=S)N(c3ccc(Cl)cc3)C2=O)o1. The maximum Gasteiger partial charge on any atom is 0.338 e. The number of thiocarbonyl (C=S) groups is 1. The van der Waals surface area contributed by atoms with Gasteiger partial charge in [-0.2, -0.15) is 0 Å². The molecule has 0 aliphatic carbocycles. The molecule has 1 aliphatic heterocycles. The van der Waals surface area contributed by atoms with Crippen molar-refractivity contribution >= 4 is 63.5 Å². The van der Waals surface area contributed by atoms with Crippen LogP contribution in [0.5, 0.6) is 0 Å². The molecule has 1 amide bonds. The summed E-state index contributed by atoms with van der Waals surface area (Å²) >= 11 is 12.5. The van der Waals surface area contributed by atoms with Crippen LogP contribution in [0, 0.1) is 0 Å². The number of thioether (sulfide) groups is 1. The van der Waals surface area contributed by atoms with Crippen LogP contribution in [0.4, 0.5) is 5.69 Å². The Morgan fingerprint density at radius 2 is 1.87 bits per heavy atom. The number of halogens is 1. The Labute approximate surface area is 187 Å². The summed E-state index contributed by atoms with van der Waals surface area (Å²) in [5.41, 5.74) is 1.66. The molecule has 1 saturated heterocycles. The number of carbonyl (C=O) groups excluding carboxylic acids is 2. The van der Waals surface area contributed by atoms with Crippen molar-refractivity contribution in [2.24, 2.45) is 0 Å². The van der Waals surface area contributed by atoms with E-state index in [2.05, 4.69) is 0 Å². The number of furan rings is 1. The monoisotopic (exact) mass is 455 g/mol. The molecule has 4 rings (SSSR count). The highest BCUT2D eigenvalue weighted by Gasteiger charge is 2.33. The first kappa shape index (κ1) is 20.4. The fourth-order valence-corrected chi connectivity index (χ4v) is 4.38. The van der Waals surface area contributed by atoms with E-state index >= 15 is 0 Å². The second-order valence-corrected chi connectivity index (χ2v) is 8.34. The number of amides is 1. The normalized spacial score (nSPS) is 15.1. The van der Waals surface area contributed by atoms with Crippen LogP contribution < -0.4 is 4.90 Å². The number of carbonyl (C=O) groups is 2. The lowest BCUT2D eigenvalue weighted by molar-refractivity contribution is -0.113. The van der Waals surface area contributed by atoms with Gasteiger partial charge in [-0.15, -0.1) is 0 Å². The number of anilines is 1. The number of hydrogen-bond donors (Lipinski definition) is 0. The molecule has 0 bridgehead atoms. The van der Waals surface area contributed by atoms with E-state index in [-0.39, 0.29) is 5.91 Å². The summed E-state index contributed by atoms with van der Waals surface area (Å²) in [7, 11) is 1.33. The Bertz CT molecular complexity index is 1180. The molecule has 30 heavy (non-hydrogen) atoms. The second-order valence-electron chi connectivity index (χ2n) is 6.23. The third kappa shape index (κ3) is 3.92. The first-order chi connectivity index (χ1) is 14.5. The Kier molecular flexibility index (Phi) is 5.76. The zero-order valence-corrected chi connectivity index (χ0v) is 18.0. The van der Waals surface area contributed by atoms with Gasteiger partial charge in [-0.25, -0.2) is 4.79 Å². The summed E-state index contributed by atoms with van der Waals surface area (Å²) in [6.07, 6.45) is 1.64. The first-order valence-electron chi connectivity index (χ1n) is 8.79. The number of nitrogens with zero attached hydrogens (tertiary/aromatic N) is 1. The van der Waals surface area contributed by atoms with Gasteiger partial charge in [0, 0.05) is 16.7 Å². The molecule has 0 radical (unpaired) electrons. The van der Waals surface area contributed by atoms with Crippen molar-refractivity contribution in [1.82, 2.24) is 0 Å². The number of methoxy groups -OCH3 is 1. The van der Waals surface area contributed by atoms with E-state index in [0.717, 1.165) is 0 Å². The smallest absolute Gasteiger partial charge is 0.338 e. The summed E-state index contributed by atoms with van der Waals surface area (Å²) in [6.45, 7) is 0. The molecule has 8 heteroatoms. The zero-order chi connectivity index (χ0) is 21.3. The van der Waals surface area contributed by atoms with Crippen molar-refractivity contribution in [2.75, 3.05) is 12.0 Å². The molecular weight excluding hydrogens is 442 g/mol. The van der Waals surface area contributed by atoms with Crippen LogP contribution in [0.1, 0.15) is 16.1 Å². The molecule has 2 heterocycles. The predicted octanol–water partition coefficient (Wildman–Crippen LogP) is 5.79. The number of esters is 1. The van der Waals surface area contributed by atoms with Crippen molar-refractivity contribution in [1.29, 1.82) is 0 Å². The number of hydrogen-bond acceptors (Lipinski definition) is 6. The van der Waals surface area contributed by atoms with E-state index in [4.69, 9.17) is 33.0 Å². The molecule has 1 fully saturated rings. The molecule has 0 unspecified atom stereocenters. The molecule has 5 nitrogen and oxygen atoms in total. The summed E-state index contributed by atoms with van der Waals surface area (Å²) in [5.74, 6) is 0.282. The quantitative estimate of drug-likeness (QED) is 0.282. The van der Waals surface area contributed by atoms with Gasteiger partial charge in [-0.3, -0.25) is 9.69 Å². The minimum atomic E-state index is -0.451. The minimum Gasteiger partial charge on any atom is -0.465 e. The molecule has 3 aromatic rings. The summed E-state index contributed by atoms with van der Waals surface area (Å²) in [4.78, 5) is 26.8. The van der Waals surface area contributed by atoms with Crippen LogP contribution in [-0.2, 0) is 9.53 Å². The Morgan fingerprint density at radius 1 is 1.13 bits per heavy atom. The van der Waals surface area contributed by atoms with Crippen molar-refractivity contribution in [3.63, 3.8) is 0 Å². The van der Waals surface area contributed by atoms with Crippen LogP contribution >= 0.6 is 35.6 Å². The topological polar surface area (TPSA) is 59.8 Å². The number of ether oxygens (including phenoxy) is 1. The van der Waals surface area contributed by atoms with Crippen LogP contribution in [0.2, 0.25) is 5.02 Å². The molecule has 0 saturated carbocycles. The van der Waals surface area contributed by atoms with E-state index in [1.165, 1.54) is 23.8 Å². The largest absolute Gasteiger partial charge is 0.465 e. The second kappa shape index (κ2) is 8.47. The average Bonchev–Trinajstić information content (AvgIpc) is 3.33. The standard InChI is InChI=1S/C22H14ClNO4S2/c1-27-21(26)17-5-3-2-4-16(17)18-11-10-15(28-18)12-19-20(25)24(22(29)30-19)14-8-6-13(23)7-9-14/h2-12H,1H3/b19-12+. The fraction of sp³-hybridized carbons (Fsp3) is 0.0455. The number of benzene rings is 2. The molecular formula is C22H14ClNO4S2. The average molecular weight is 456 g/mol. The maximum absolute atomic E-state index is 12.9. The van der Waals surface area contributed by atoms with Gasteiger partial charge in [-0.1, -0.05) is 53.8 Å². The van der Waals surface area contributed by atoms with Gasteiger partial charge in [0.15, 0.2) is 4.32 Å². The molecule has 0 spiro atoms. The van der Waals surface area contributed by atoms with Crippen molar-refractivity contribution in [3.05, 3.63) is 81.9 Å². The van der Waals surface area contributed by atoms with Gasteiger partial charge in [0.2, 0.25) is 0 Å². The van der Waals surface area contributed by atoms with Crippen molar-refractivity contribution in [3.8, 4) is 11.3 Å². The van der Waals surface area contributed by atoms with Crippen molar-refractivity contribution in [2.45, 2.75) is 0 Å². The van der Waals surface area contributed by atoms with Gasteiger partial charge in [0.1, 0.15) is 11.5 Å².